The van der Waals surface area contributed by atoms with Crippen LogP contribution in [0.15, 0.2) is 47.5 Å². The molecule has 3 heteroatoms. The van der Waals surface area contributed by atoms with Crippen LogP contribution < -0.4 is 4.90 Å². The average Bonchev–Trinajstić information content (AvgIpc) is 3.00. The summed E-state index contributed by atoms with van der Waals surface area (Å²) in [6, 6.07) is 14.7. The first-order valence-corrected chi connectivity index (χ1v) is 9.92. The molecule has 1 atom stereocenters. The van der Waals surface area contributed by atoms with Crippen LogP contribution in [-0.2, 0) is 6.42 Å². The number of carbonyl (C=O) groups is 1. The lowest BCUT2D eigenvalue weighted by Crippen LogP contribution is -2.28. The second-order valence-corrected chi connectivity index (χ2v) is 7.90. The smallest absolute Gasteiger partial charge is 0.161 e. The maximum absolute atomic E-state index is 12.1. The van der Waals surface area contributed by atoms with E-state index in [4.69, 9.17) is 4.99 Å². The molecule has 0 radical (unpaired) electrons. The lowest BCUT2D eigenvalue weighted by molar-refractivity contribution is 0.101. The van der Waals surface area contributed by atoms with E-state index in [-0.39, 0.29) is 5.78 Å². The summed E-state index contributed by atoms with van der Waals surface area (Å²) in [4.78, 5) is 19.3. The van der Waals surface area contributed by atoms with Crippen LogP contribution in [0.25, 0.3) is 0 Å². The highest BCUT2D eigenvalue weighted by atomic mass is 16.1. The number of anilines is 1. The molecule has 0 aromatic heterocycles. The van der Waals surface area contributed by atoms with Gasteiger partial charge in [0.15, 0.2) is 5.78 Å². The third kappa shape index (κ3) is 4.13. The van der Waals surface area contributed by atoms with Crippen LogP contribution in [0.2, 0.25) is 0 Å². The van der Waals surface area contributed by atoms with Crippen molar-refractivity contribution in [2.45, 2.75) is 47.0 Å². The third-order valence-electron chi connectivity index (χ3n) is 5.48. The van der Waals surface area contributed by atoms with Crippen LogP contribution >= 0.6 is 0 Å². The minimum Gasteiger partial charge on any atom is -0.365 e. The molecule has 0 saturated heterocycles. The van der Waals surface area contributed by atoms with Gasteiger partial charge in [-0.25, -0.2) is 0 Å². The van der Waals surface area contributed by atoms with Gasteiger partial charge in [0.1, 0.15) is 0 Å². The standard InChI is InChI=1S/C24H30N2O/c1-6-19-11-12-23(21(13-19)18(5)27)25-17(4)14-26-15-22(16(2)3)20-9-7-8-10-24(20)26/h7-13,16,22H,6,14-15H2,1-5H3. The van der Waals surface area contributed by atoms with Crippen LogP contribution in [0.4, 0.5) is 11.4 Å². The molecule has 0 N–H and O–H groups in total. The average molecular weight is 363 g/mol. The maximum Gasteiger partial charge on any atom is 0.161 e. The molecule has 0 bridgehead atoms. The number of rotatable bonds is 6. The Bertz CT molecular complexity index is 866. The molecule has 142 valence electrons. The fourth-order valence-corrected chi connectivity index (χ4v) is 3.94. The van der Waals surface area contributed by atoms with Gasteiger partial charge in [-0.3, -0.25) is 9.79 Å². The number of carbonyl (C=O) groups excluding carboxylic acids is 1. The van der Waals surface area contributed by atoms with E-state index < -0.39 is 0 Å². The molecule has 0 aliphatic carbocycles. The van der Waals surface area contributed by atoms with Gasteiger partial charge in [-0.1, -0.05) is 45.0 Å². The molecular formula is C24H30N2O. The first kappa shape index (κ1) is 19.3. The molecule has 1 heterocycles. The van der Waals surface area contributed by atoms with Crippen LogP contribution in [0.5, 0.6) is 0 Å². The molecule has 1 aliphatic heterocycles. The Morgan fingerprint density at radius 1 is 1.19 bits per heavy atom. The fourth-order valence-electron chi connectivity index (χ4n) is 3.94. The normalized spacial score (nSPS) is 16.7. The van der Waals surface area contributed by atoms with Crippen molar-refractivity contribution in [1.82, 2.24) is 0 Å². The molecule has 27 heavy (non-hydrogen) atoms. The highest BCUT2D eigenvalue weighted by Crippen LogP contribution is 2.39. The van der Waals surface area contributed by atoms with Crippen LogP contribution in [0.1, 0.15) is 62.0 Å². The minimum absolute atomic E-state index is 0.0724. The number of benzene rings is 2. The number of para-hydroxylation sites is 1. The van der Waals surface area contributed by atoms with E-state index in [9.17, 15) is 4.79 Å². The van der Waals surface area contributed by atoms with Crippen molar-refractivity contribution in [3.63, 3.8) is 0 Å². The predicted octanol–water partition coefficient (Wildman–Crippen LogP) is 5.80. The molecule has 2 aromatic carbocycles. The Balaban J connectivity index is 1.86. The summed E-state index contributed by atoms with van der Waals surface area (Å²) < 4.78 is 0. The van der Waals surface area contributed by atoms with Crippen LogP contribution in [-0.4, -0.2) is 24.6 Å². The van der Waals surface area contributed by atoms with E-state index in [0.717, 1.165) is 36.5 Å². The molecule has 2 aromatic rings. The number of Topliss-reactive ketones (excluding diaryl/α,β-unsaturated/α-hetero) is 1. The highest BCUT2D eigenvalue weighted by molar-refractivity contribution is 6.01. The van der Waals surface area contributed by atoms with Crippen molar-refractivity contribution in [3.8, 4) is 0 Å². The summed E-state index contributed by atoms with van der Waals surface area (Å²) in [6.45, 7) is 12.2. The van der Waals surface area contributed by atoms with Gasteiger partial charge in [0, 0.05) is 29.4 Å². The van der Waals surface area contributed by atoms with Crippen LogP contribution in [0, 0.1) is 5.92 Å². The van der Waals surface area contributed by atoms with Crippen molar-refractivity contribution in [2.24, 2.45) is 10.9 Å². The SMILES string of the molecule is CCc1ccc(N=C(C)CN2CC(C(C)C)c3ccccc32)c(C(C)=O)c1. The second kappa shape index (κ2) is 8.08. The Morgan fingerprint density at radius 3 is 2.59 bits per heavy atom. The Labute approximate surface area is 163 Å². The number of hydrogen-bond donors (Lipinski definition) is 0. The second-order valence-electron chi connectivity index (χ2n) is 7.90. The molecule has 1 unspecified atom stereocenters. The third-order valence-corrected chi connectivity index (χ3v) is 5.48. The van der Waals surface area contributed by atoms with Gasteiger partial charge < -0.3 is 4.90 Å². The van der Waals surface area contributed by atoms with Gasteiger partial charge in [0.05, 0.1) is 12.2 Å². The van der Waals surface area contributed by atoms with Gasteiger partial charge >= 0.3 is 0 Å². The Kier molecular flexibility index (Phi) is 5.79. The largest absolute Gasteiger partial charge is 0.365 e. The molecule has 0 spiro atoms. The number of nitrogens with zero attached hydrogens (tertiary/aromatic N) is 2. The predicted molar refractivity (Wildman–Crippen MR) is 115 cm³/mol. The monoisotopic (exact) mass is 362 g/mol. The Hall–Kier alpha value is -2.42. The van der Waals surface area contributed by atoms with Crippen molar-refractivity contribution in [3.05, 3.63) is 59.2 Å². The van der Waals surface area contributed by atoms with Gasteiger partial charge in [-0.15, -0.1) is 0 Å². The summed E-state index contributed by atoms with van der Waals surface area (Å²) in [6.07, 6.45) is 0.921. The number of hydrogen-bond acceptors (Lipinski definition) is 3. The maximum atomic E-state index is 12.1. The fraction of sp³-hybridized carbons (Fsp3) is 0.417. The van der Waals surface area contributed by atoms with Crippen molar-refractivity contribution < 1.29 is 4.79 Å². The molecular weight excluding hydrogens is 332 g/mol. The van der Waals surface area contributed by atoms with Gasteiger partial charge in [-0.05, 0) is 55.5 Å². The summed E-state index contributed by atoms with van der Waals surface area (Å²) in [5.74, 6) is 1.24. The highest BCUT2D eigenvalue weighted by Gasteiger charge is 2.30. The van der Waals surface area contributed by atoms with Gasteiger partial charge in [0.25, 0.3) is 0 Å². The van der Waals surface area contributed by atoms with Crippen molar-refractivity contribution >= 4 is 22.9 Å². The number of aryl methyl sites for hydroxylation is 1. The molecule has 0 amide bonds. The molecule has 0 saturated carbocycles. The summed E-state index contributed by atoms with van der Waals surface area (Å²) in [7, 11) is 0. The number of fused-ring (bicyclic) bond motifs is 1. The van der Waals surface area contributed by atoms with Crippen molar-refractivity contribution in [1.29, 1.82) is 0 Å². The molecule has 0 fully saturated rings. The summed E-state index contributed by atoms with van der Waals surface area (Å²) in [5, 5.41) is 0. The lowest BCUT2D eigenvalue weighted by Gasteiger charge is -2.21. The minimum atomic E-state index is 0.0724. The number of ketones is 1. The first-order valence-electron chi connectivity index (χ1n) is 9.92. The zero-order valence-corrected chi connectivity index (χ0v) is 17.1. The zero-order chi connectivity index (χ0) is 19.6. The van der Waals surface area contributed by atoms with E-state index in [1.165, 1.54) is 16.8 Å². The molecule has 3 nitrogen and oxygen atoms in total. The van der Waals surface area contributed by atoms with E-state index in [2.05, 4.69) is 62.9 Å². The lowest BCUT2D eigenvalue weighted by atomic mass is 9.90. The zero-order valence-electron chi connectivity index (χ0n) is 17.1. The summed E-state index contributed by atoms with van der Waals surface area (Å²) >= 11 is 0. The van der Waals surface area contributed by atoms with Crippen molar-refractivity contribution in [2.75, 3.05) is 18.0 Å². The van der Waals surface area contributed by atoms with E-state index >= 15 is 0 Å². The Morgan fingerprint density at radius 2 is 1.93 bits per heavy atom. The van der Waals surface area contributed by atoms with Gasteiger partial charge in [-0.2, -0.15) is 0 Å². The van der Waals surface area contributed by atoms with Gasteiger partial charge in [0.2, 0.25) is 0 Å². The molecule has 1 aliphatic rings. The first-order chi connectivity index (χ1) is 12.9. The molecule has 3 rings (SSSR count). The topological polar surface area (TPSA) is 32.7 Å². The summed E-state index contributed by atoms with van der Waals surface area (Å²) in [5.41, 5.74) is 6.46. The quantitative estimate of drug-likeness (QED) is 0.480. The van der Waals surface area contributed by atoms with E-state index in [1.807, 2.05) is 12.1 Å². The van der Waals surface area contributed by atoms with E-state index in [0.29, 0.717) is 11.8 Å². The number of aliphatic imine (C=N–C) groups is 1. The van der Waals surface area contributed by atoms with E-state index in [1.54, 1.807) is 6.92 Å². The van der Waals surface area contributed by atoms with Crippen LogP contribution in [0.3, 0.4) is 0 Å².